The van der Waals surface area contributed by atoms with E-state index >= 15 is 4.39 Å². The normalized spacial score (nSPS) is 19.9. The molecule has 2 fully saturated rings. The minimum absolute atomic E-state index is 0.292. The Hall–Kier alpha value is -1.68. The highest BCUT2D eigenvalue weighted by molar-refractivity contribution is 7.92. The number of hydrogen-bond donors (Lipinski definition) is 1. The summed E-state index contributed by atoms with van der Waals surface area (Å²) >= 11 is 12.4. The quantitative estimate of drug-likeness (QED) is 0.480. The number of rotatable bonds is 6. The van der Waals surface area contributed by atoms with Crippen molar-refractivity contribution < 1.29 is 17.2 Å². The number of sulfonamides is 1. The zero-order chi connectivity index (χ0) is 22.2. The molecule has 1 N–H and O–H groups in total. The molecule has 0 bridgehead atoms. The zero-order valence-electron chi connectivity index (χ0n) is 16.6. The van der Waals surface area contributed by atoms with E-state index in [0.29, 0.717) is 24.7 Å². The first kappa shape index (κ1) is 22.5. The molecule has 0 radical (unpaired) electrons. The molecule has 1 aromatic heterocycles. The Morgan fingerprint density at radius 2 is 1.90 bits per heavy atom. The number of aromatic nitrogens is 1. The van der Waals surface area contributed by atoms with Gasteiger partial charge in [-0.25, -0.2) is 17.8 Å². The van der Waals surface area contributed by atoms with Gasteiger partial charge >= 0.3 is 0 Å². The van der Waals surface area contributed by atoms with Gasteiger partial charge in [0.15, 0.2) is 5.82 Å². The number of nitrogens with zero attached hydrogens (tertiary/aromatic N) is 3. The molecule has 3 heterocycles. The summed E-state index contributed by atoms with van der Waals surface area (Å²) in [4.78, 5) is 7.01. The number of hydrogen-bond acceptors (Lipinski definition) is 5. The average Bonchev–Trinajstić information content (AvgIpc) is 3.37. The zero-order valence-corrected chi connectivity index (χ0v) is 19.0. The van der Waals surface area contributed by atoms with Crippen molar-refractivity contribution in [2.75, 3.05) is 42.3 Å². The van der Waals surface area contributed by atoms with Crippen LogP contribution in [0.15, 0.2) is 29.2 Å². The van der Waals surface area contributed by atoms with Crippen LogP contribution in [0.3, 0.4) is 0 Å². The smallest absolute Gasteiger partial charge is 0.267 e. The number of anilines is 2. The largest absolute Gasteiger partial charge is 0.370 e. The molecule has 168 valence electrons. The van der Waals surface area contributed by atoms with E-state index in [2.05, 4.69) is 9.88 Å². The minimum Gasteiger partial charge on any atom is -0.370 e. The van der Waals surface area contributed by atoms with Crippen LogP contribution in [0.4, 0.5) is 20.3 Å². The third kappa shape index (κ3) is 4.89. The highest BCUT2D eigenvalue weighted by atomic mass is 35.5. The van der Waals surface area contributed by atoms with Crippen molar-refractivity contribution >= 4 is 44.7 Å². The second-order valence-electron chi connectivity index (χ2n) is 7.89. The maximum atomic E-state index is 15.1. The van der Waals surface area contributed by atoms with Crippen molar-refractivity contribution in [3.05, 3.63) is 46.1 Å². The third-order valence-electron chi connectivity index (χ3n) is 5.66. The number of likely N-dealkylation sites (tertiary alicyclic amines) is 1. The molecule has 4 rings (SSSR count). The van der Waals surface area contributed by atoms with Crippen LogP contribution in [0.2, 0.25) is 10.0 Å². The summed E-state index contributed by atoms with van der Waals surface area (Å²) in [5.74, 6) is -1.88. The van der Waals surface area contributed by atoms with Crippen LogP contribution >= 0.6 is 23.2 Å². The molecule has 2 aliphatic heterocycles. The summed E-state index contributed by atoms with van der Waals surface area (Å²) in [7, 11) is -4.48. The Morgan fingerprint density at radius 3 is 2.61 bits per heavy atom. The molecule has 1 aromatic carbocycles. The van der Waals surface area contributed by atoms with Gasteiger partial charge < -0.3 is 9.80 Å². The molecule has 1 atom stereocenters. The van der Waals surface area contributed by atoms with Crippen LogP contribution < -0.4 is 9.62 Å². The molecule has 0 saturated carbocycles. The Labute approximate surface area is 190 Å². The van der Waals surface area contributed by atoms with Gasteiger partial charge in [-0.1, -0.05) is 29.3 Å². The van der Waals surface area contributed by atoms with E-state index < -0.39 is 26.7 Å². The topological polar surface area (TPSA) is 65.5 Å². The lowest BCUT2D eigenvalue weighted by atomic mass is 10.1. The van der Waals surface area contributed by atoms with Gasteiger partial charge in [-0.05, 0) is 56.5 Å². The van der Waals surface area contributed by atoms with Gasteiger partial charge in [0.1, 0.15) is 15.7 Å². The van der Waals surface area contributed by atoms with Crippen LogP contribution in [0.5, 0.6) is 0 Å². The summed E-state index contributed by atoms with van der Waals surface area (Å²) in [5, 5.41) is -0.609. The van der Waals surface area contributed by atoms with Gasteiger partial charge in [0, 0.05) is 19.6 Å². The lowest BCUT2D eigenvalue weighted by Crippen LogP contribution is -2.29. The predicted octanol–water partition coefficient (Wildman–Crippen LogP) is 4.39. The van der Waals surface area contributed by atoms with E-state index in [-0.39, 0.29) is 15.9 Å². The lowest BCUT2D eigenvalue weighted by Gasteiger charge is -2.23. The van der Waals surface area contributed by atoms with E-state index in [1.54, 1.807) is 0 Å². The van der Waals surface area contributed by atoms with Crippen LogP contribution in [-0.4, -0.2) is 51.0 Å². The van der Waals surface area contributed by atoms with Crippen LogP contribution in [0, 0.1) is 17.7 Å². The molecule has 2 aromatic rings. The standard InChI is InChI=1S/C20H22Cl2F2N4O2S/c21-14-10-15(28-9-6-13(12-28)11-27-7-1-2-8-27)18(22)19(24)20(14)31(29,30)26-17-5-3-4-16(23)25-17/h3-5,10,13H,1-2,6-9,11-12H2,(H,25,26). The molecule has 6 nitrogen and oxygen atoms in total. The number of benzene rings is 1. The fourth-order valence-corrected chi connectivity index (χ4v) is 6.19. The fourth-order valence-electron chi connectivity index (χ4n) is 4.23. The van der Waals surface area contributed by atoms with Crippen molar-refractivity contribution in [3.8, 4) is 0 Å². The molecule has 11 heteroatoms. The summed E-state index contributed by atoms with van der Waals surface area (Å²) in [6.07, 6.45) is 3.38. The lowest BCUT2D eigenvalue weighted by molar-refractivity contribution is 0.289. The van der Waals surface area contributed by atoms with Crippen LogP contribution in [-0.2, 0) is 10.0 Å². The molecule has 0 amide bonds. The first-order valence-corrected chi connectivity index (χ1v) is 12.3. The molecule has 31 heavy (non-hydrogen) atoms. The number of halogens is 4. The fraction of sp³-hybridized carbons (Fsp3) is 0.450. The van der Waals surface area contributed by atoms with Gasteiger partial charge in [0.05, 0.1) is 10.7 Å². The third-order valence-corrected chi connectivity index (χ3v) is 7.85. The van der Waals surface area contributed by atoms with Crippen molar-refractivity contribution in [3.63, 3.8) is 0 Å². The molecular weight excluding hydrogens is 469 g/mol. The molecule has 0 spiro atoms. The molecule has 2 aliphatic rings. The Morgan fingerprint density at radius 1 is 1.16 bits per heavy atom. The Kier molecular flexibility index (Phi) is 6.57. The highest BCUT2D eigenvalue weighted by Gasteiger charge is 2.32. The molecular formula is C20H22Cl2F2N4O2S. The van der Waals surface area contributed by atoms with E-state index in [0.717, 1.165) is 32.1 Å². The number of nitrogens with one attached hydrogen (secondary N) is 1. The van der Waals surface area contributed by atoms with Gasteiger partial charge in [0.2, 0.25) is 5.95 Å². The Bertz CT molecular complexity index is 1080. The first-order valence-electron chi connectivity index (χ1n) is 10.0. The van der Waals surface area contributed by atoms with Crippen molar-refractivity contribution in [1.82, 2.24) is 9.88 Å². The summed E-state index contributed by atoms with van der Waals surface area (Å²) in [5.41, 5.74) is 0.371. The average molecular weight is 491 g/mol. The minimum atomic E-state index is -4.48. The van der Waals surface area contributed by atoms with Gasteiger partial charge in [-0.3, -0.25) is 4.72 Å². The van der Waals surface area contributed by atoms with Crippen molar-refractivity contribution in [2.24, 2.45) is 5.92 Å². The van der Waals surface area contributed by atoms with E-state index in [1.165, 1.54) is 31.0 Å². The van der Waals surface area contributed by atoms with Gasteiger partial charge in [0.25, 0.3) is 10.0 Å². The van der Waals surface area contributed by atoms with Crippen molar-refractivity contribution in [1.29, 1.82) is 0 Å². The Balaban J connectivity index is 1.56. The van der Waals surface area contributed by atoms with Crippen molar-refractivity contribution in [2.45, 2.75) is 24.2 Å². The second-order valence-corrected chi connectivity index (χ2v) is 10.3. The maximum absolute atomic E-state index is 15.1. The van der Waals surface area contributed by atoms with E-state index in [4.69, 9.17) is 23.2 Å². The second kappa shape index (κ2) is 9.05. The highest BCUT2D eigenvalue weighted by Crippen LogP contribution is 2.40. The van der Waals surface area contributed by atoms with Gasteiger partial charge in [-0.2, -0.15) is 4.39 Å². The summed E-state index contributed by atoms with van der Waals surface area (Å²) in [6, 6.07) is 4.95. The monoisotopic (exact) mass is 490 g/mol. The molecule has 1 unspecified atom stereocenters. The summed E-state index contributed by atoms with van der Waals surface area (Å²) < 4.78 is 55.8. The number of pyridine rings is 1. The van der Waals surface area contributed by atoms with E-state index in [9.17, 15) is 12.8 Å². The van der Waals surface area contributed by atoms with E-state index in [1.807, 2.05) is 9.62 Å². The summed E-state index contributed by atoms with van der Waals surface area (Å²) in [6.45, 7) is 4.59. The predicted molar refractivity (Wildman–Crippen MR) is 117 cm³/mol. The molecule has 2 saturated heterocycles. The first-order chi connectivity index (χ1) is 14.7. The van der Waals surface area contributed by atoms with Crippen LogP contribution in [0.1, 0.15) is 19.3 Å². The SMILES string of the molecule is O=S(=O)(Nc1cccc(F)n1)c1c(Cl)cc(N2CCC(CN3CCCC3)C2)c(Cl)c1F. The van der Waals surface area contributed by atoms with Crippen LogP contribution in [0.25, 0.3) is 0 Å². The van der Waals surface area contributed by atoms with Gasteiger partial charge in [-0.15, -0.1) is 0 Å². The maximum Gasteiger partial charge on any atom is 0.267 e. The molecule has 0 aliphatic carbocycles.